The number of unbranched alkanes of at least 4 members (excludes halogenated alkanes) is 3. The summed E-state index contributed by atoms with van der Waals surface area (Å²) >= 11 is 7.74. The van der Waals surface area contributed by atoms with Gasteiger partial charge in [-0.05, 0) is 41.6 Å². The molecule has 0 aliphatic carbocycles. The van der Waals surface area contributed by atoms with Gasteiger partial charge in [-0.2, -0.15) is 0 Å². The van der Waals surface area contributed by atoms with E-state index in [9.17, 15) is 9.90 Å². The first-order valence-corrected chi connectivity index (χ1v) is 9.81. The van der Waals surface area contributed by atoms with Gasteiger partial charge in [0.25, 0.3) is 0 Å². The fourth-order valence-electron chi connectivity index (χ4n) is 2.50. The van der Waals surface area contributed by atoms with E-state index in [4.69, 9.17) is 21.1 Å². The molecule has 0 unspecified atom stereocenters. The third-order valence-electron chi connectivity index (χ3n) is 3.82. The number of hydrogen-bond donors (Lipinski definition) is 1. The van der Waals surface area contributed by atoms with Crippen LogP contribution in [-0.2, 0) is 4.79 Å². The number of rotatable bonds is 10. The summed E-state index contributed by atoms with van der Waals surface area (Å²) in [5.74, 6) is 0.00441. The van der Waals surface area contributed by atoms with Crippen molar-refractivity contribution in [3.63, 3.8) is 0 Å². The number of halogens is 1. The molecular weight excluding hydrogens is 372 g/mol. The zero-order valence-electron chi connectivity index (χ0n) is 15.0. The predicted octanol–water partition coefficient (Wildman–Crippen LogP) is 5.99. The minimum Gasteiger partial charge on any atom is -0.493 e. The second-order valence-corrected chi connectivity index (χ2v) is 7.14. The maximum Gasteiger partial charge on any atom is 0.337 e. The Morgan fingerprint density at radius 2 is 2.12 bits per heavy atom. The zero-order chi connectivity index (χ0) is 18.9. The second kappa shape index (κ2) is 10.2. The van der Waals surface area contributed by atoms with E-state index in [0.717, 1.165) is 12.8 Å². The van der Waals surface area contributed by atoms with Gasteiger partial charge >= 0.3 is 5.97 Å². The topological polar surface area (TPSA) is 55.8 Å². The lowest BCUT2D eigenvalue weighted by molar-refractivity contribution is -0.130. The molecule has 1 N–H and O–H groups in total. The van der Waals surface area contributed by atoms with E-state index >= 15 is 0 Å². The maximum absolute atomic E-state index is 11.6. The van der Waals surface area contributed by atoms with E-state index in [1.807, 2.05) is 11.4 Å². The van der Waals surface area contributed by atoms with Crippen molar-refractivity contribution in [1.82, 2.24) is 0 Å². The monoisotopic (exact) mass is 394 g/mol. The maximum atomic E-state index is 11.6. The standard InChI is InChI=1S/C20H23ClO4S/c1-3-4-5-6-9-25-19-16(21)12-14(13-17(19)24-2)11-15(20(22)23)18-8-7-10-26-18/h7-8,10-13H,3-6,9H2,1-2H3,(H,22,23)/b15-11-. The van der Waals surface area contributed by atoms with Crippen molar-refractivity contribution >= 4 is 40.6 Å². The fourth-order valence-corrected chi connectivity index (χ4v) is 3.51. The van der Waals surface area contributed by atoms with Gasteiger partial charge in [-0.25, -0.2) is 4.79 Å². The summed E-state index contributed by atoms with van der Waals surface area (Å²) in [4.78, 5) is 12.3. The van der Waals surface area contributed by atoms with Crippen LogP contribution in [0.3, 0.4) is 0 Å². The van der Waals surface area contributed by atoms with Crippen molar-refractivity contribution in [3.05, 3.63) is 45.1 Å². The van der Waals surface area contributed by atoms with Gasteiger partial charge in [-0.1, -0.05) is 43.9 Å². The van der Waals surface area contributed by atoms with E-state index in [1.54, 1.807) is 31.4 Å². The molecule has 0 aliphatic rings. The lowest BCUT2D eigenvalue weighted by Gasteiger charge is -2.13. The third-order valence-corrected chi connectivity index (χ3v) is 5.01. The molecule has 4 nitrogen and oxygen atoms in total. The fraction of sp³-hybridized carbons (Fsp3) is 0.350. The Bertz CT molecular complexity index is 753. The van der Waals surface area contributed by atoms with Gasteiger partial charge in [0.05, 0.1) is 24.3 Å². The van der Waals surface area contributed by atoms with Gasteiger partial charge in [0.2, 0.25) is 0 Å². The average molecular weight is 395 g/mol. The van der Waals surface area contributed by atoms with Crippen LogP contribution in [0.25, 0.3) is 11.6 Å². The number of hydrogen-bond acceptors (Lipinski definition) is 4. The Balaban J connectivity index is 2.24. The summed E-state index contributed by atoms with van der Waals surface area (Å²) in [7, 11) is 1.54. The molecule has 0 bridgehead atoms. The molecule has 1 aromatic carbocycles. The smallest absolute Gasteiger partial charge is 0.337 e. The SMILES string of the molecule is CCCCCCOc1c(Cl)cc(/C=C(\C(=O)O)c2cccs2)cc1OC. The van der Waals surface area contributed by atoms with Crippen molar-refractivity contribution in [2.45, 2.75) is 32.6 Å². The van der Waals surface area contributed by atoms with E-state index in [0.29, 0.717) is 33.6 Å². The van der Waals surface area contributed by atoms with Crippen LogP contribution in [0.1, 0.15) is 43.0 Å². The summed E-state index contributed by atoms with van der Waals surface area (Å²) in [5, 5.41) is 11.7. The first-order chi connectivity index (χ1) is 12.6. The molecule has 1 aromatic heterocycles. The number of ether oxygens (including phenoxy) is 2. The van der Waals surface area contributed by atoms with Crippen molar-refractivity contribution < 1.29 is 19.4 Å². The minimum absolute atomic E-state index is 0.214. The van der Waals surface area contributed by atoms with Gasteiger partial charge in [0, 0.05) is 4.88 Å². The summed E-state index contributed by atoms with van der Waals surface area (Å²) in [6.07, 6.45) is 6.00. The number of carboxylic acids is 1. The molecule has 26 heavy (non-hydrogen) atoms. The summed E-state index contributed by atoms with van der Waals surface area (Å²) in [6.45, 7) is 2.73. The van der Waals surface area contributed by atoms with Crippen molar-refractivity contribution in [1.29, 1.82) is 0 Å². The molecule has 0 amide bonds. The molecule has 0 saturated heterocycles. The lowest BCUT2D eigenvalue weighted by Crippen LogP contribution is -2.01. The van der Waals surface area contributed by atoms with Crippen LogP contribution < -0.4 is 9.47 Å². The highest BCUT2D eigenvalue weighted by atomic mass is 35.5. The molecule has 6 heteroatoms. The normalized spacial score (nSPS) is 11.4. The zero-order valence-corrected chi connectivity index (χ0v) is 16.5. The Hall–Kier alpha value is -1.98. The van der Waals surface area contributed by atoms with Gasteiger partial charge in [-0.3, -0.25) is 0 Å². The van der Waals surface area contributed by atoms with E-state index in [-0.39, 0.29) is 5.57 Å². The first-order valence-electron chi connectivity index (χ1n) is 8.56. The predicted molar refractivity (Wildman–Crippen MR) is 107 cm³/mol. The van der Waals surface area contributed by atoms with E-state index in [2.05, 4.69) is 6.92 Å². The number of benzene rings is 1. The van der Waals surface area contributed by atoms with E-state index in [1.165, 1.54) is 24.2 Å². The highest BCUT2D eigenvalue weighted by Crippen LogP contribution is 2.37. The molecule has 0 spiro atoms. The number of thiophene rings is 1. The highest BCUT2D eigenvalue weighted by Gasteiger charge is 2.15. The summed E-state index contributed by atoms with van der Waals surface area (Å²) in [6, 6.07) is 7.03. The van der Waals surface area contributed by atoms with Crippen LogP contribution in [0.2, 0.25) is 5.02 Å². The average Bonchev–Trinajstić information content (AvgIpc) is 3.14. The molecule has 0 atom stereocenters. The molecule has 0 saturated carbocycles. The molecule has 140 valence electrons. The van der Waals surface area contributed by atoms with Gasteiger partial charge in [0.1, 0.15) is 0 Å². The Morgan fingerprint density at radius 1 is 1.31 bits per heavy atom. The van der Waals surface area contributed by atoms with Crippen molar-refractivity contribution in [2.24, 2.45) is 0 Å². The van der Waals surface area contributed by atoms with E-state index < -0.39 is 5.97 Å². The summed E-state index contributed by atoms with van der Waals surface area (Å²) < 4.78 is 11.2. The quantitative estimate of drug-likeness (QED) is 0.397. The van der Waals surface area contributed by atoms with Gasteiger partial charge in [-0.15, -0.1) is 11.3 Å². The largest absolute Gasteiger partial charge is 0.493 e. The first kappa shape index (κ1) is 20.3. The summed E-state index contributed by atoms with van der Waals surface area (Å²) in [5.41, 5.74) is 0.863. The number of carbonyl (C=O) groups is 1. The van der Waals surface area contributed by atoms with Crippen LogP contribution in [0.5, 0.6) is 11.5 Å². The minimum atomic E-state index is -0.987. The van der Waals surface area contributed by atoms with Crippen LogP contribution >= 0.6 is 22.9 Å². The molecule has 0 aliphatic heterocycles. The highest BCUT2D eigenvalue weighted by molar-refractivity contribution is 7.11. The molecule has 2 aromatic rings. The number of carboxylic acid groups (broad SMARTS) is 1. The van der Waals surface area contributed by atoms with Crippen LogP contribution in [0, 0.1) is 0 Å². The number of methoxy groups -OCH3 is 1. The molecule has 2 rings (SSSR count). The molecule has 1 heterocycles. The van der Waals surface area contributed by atoms with Crippen molar-refractivity contribution in [3.8, 4) is 11.5 Å². The second-order valence-electron chi connectivity index (χ2n) is 5.78. The third kappa shape index (κ3) is 5.51. The van der Waals surface area contributed by atoms with Crippen LogP contribution in [0.4, 0.5) is 0 Å². The Morgan fingerprint density at radius 3 is 2.73 bits per heavy atom. The Kier molecular flexibility index (Phi) is 8.01. The van der Waals surface area contributed by atoms with Crippen molar-refractivity contribution in [2.75, 3.05) is 13.7 Å². The lowest BCUT2D eigenvalue weighted by atomic mass is 10.1. The molecular formula is C20H23ClO4S. The Labute approximate surface area is 163 Å². The number of aliphatic carboxylic acids is 1. The van der Waals surface area contributed by atoms with Gasteiger partial charge < -0.3 is 14.6 Å². The van der Waals surface area contributed by atoms with Gasteiger partial charge in [0.15, 0.2) is 11.5 Å². The molecule has 0 fully saturated rings. The van der Waals surface area contributed by atoms with Crippen LogP contribution in [-0.4, -0.2) is 24.8 Å². The van der Waals surface area contributed by atoms with Crippen LogP contribution in [0.15, 0.2) is 29.6 Å². The molecule has 0 radical (unpaired) electrons.